The fraction of sp³-hybridized carbons (Fsp3) is 0.545. The second-order valence-corrected chi connectivity index (χ2v) is 4.54. The van der Waals surface area contributed by atoms with Crippen LogP contribution in [0.1, 0.15) is 26.5 Å². The van der Waals surface area contributed by atoms with Gasteiger partial charge < -0.3 is 4.90 Å². The van der Waals surface area contributed by atoms with Gasteiger partial charge in [0.1, 0.15) is 0 Å². The summed E-state index contributed by atoms with van der Waals surface area (Å²) < 4.78 is 0. The van der Waals surface area contributed by atoms with E-state index in [2.05, 4.69) is 36.7 Å². The van der Waals surface area contributed by atoms with E-state index in [0.29, 0.717) is 0 Å². The van der Waals surface area contributed by atoms with E-state index in [1.165, 1.54) is 11.4 Å². The first kappa shape index (κ1) is 8.54. The minimum absolute atomic E-state index is 0.217. The van der Waals surface area contributed by atoms with Gasteiger partial charge in [0.15, 0.2) is 0 Å². The normalized spacial score (nSPS) is 16.1. The van der Waals surface area contributed by atoms with Gasteiger partial charge in [-0.3, -0.25) is 4.98 Å². The summed E-state index contributed by atoms with van der Waals surface area (Å²) >= 11 is 0. The van der Waals surface area contributed by atoms with Gasteiger partial charge in [0.2, 0.25) is 0 Å². The van der Waals surface area contributed by atoms with Crippen molar-refractivity contribution in [2.45, 2.75) is 32.7 Å². The number of rotatable bonds is 0. The van der Waals surface area contributed by atoms with Gasteiger partial charge in [-0.1, -0.05) is 0 Å². The van der Waals surface area contributed by atoms with Gasteiger partial charge in [0.05, 0.1) is 11.4 Å². The van der Waals surface area contributed by atoms with E-state index >= 15 is 0 Å². The summed E-state index contributed by atoms with van der Waals surface area (Å²) in [6, 6.07) is 4.18. The highest BCUT2D eigenvalue weighted by Crippen LogP contribution is 2.31. The number of pyridine rings is 1. The molecule has 0 unspecified atom stereocenters. The zero-order valence-electron chi connectivity index (χ0n) is 8.54. The molecule has 2 heteroatoms. The molecular formula is C11H16N2. The van der Waals surface area contributed by atoms with Crippen LogP contribution in [0, 0.1) is 0 Å². The summed E-state index contributed by atoms with van der Waals surface area (Å²) in [7, 11) is 0. The number of hydrogen-bond acceptors (Lipinski definition) is 2. The van der Waals surface area contributed by atoms with Gasteiger partial charge in [0, 0.05) is 24.7 Å². The third-order valence-electron chi connectivity index (χ3n) is 2.54. The Hall–Kier alpha value is -1.05. The van der Waals surface area contributed by atoms with Crippen molar-refractivity contribution in [1.29, 1.82) is 0 Å². The lowest BCUT2D eigenvalue weighted by atomic mass is 10.1. The molecule has 0 atom stereocenters. The monoisotopic (exact) mass is 176 g/mol. The lowest BCUT2D eigenvalue weighted by Crippen LogP contribution is -2.40. The van der Waals surface area contributed by atoms with E-state index in [-0.39, 0.29) is 5.54 Å². The largest absolute Gasteiger partial charge is 0.365 e. The highest BCUT2D eigenvalue weighted by atomic mass is 15.2. The van der Waals surface area contributed by atoms with Gasteiger partial charge >= 0.3 is 0 Å². The molecule has 1 aromatic heterocycles. The van der Waals surface area contributed by atoms with Gasteiger partial charge in [0.25, 0.3) is 0 Å². The Labute approximate surface area is 79.6 Å². The maximum absolute atomic E-state index is 4.38. The summed E-state index contributed by atoms with van der Waals surface area (Å²) in [5.74, 6) is 0. The molecule has 0 radical (unpaired) electrons. The summed E-state index contributed by atoms with van der Waals surface area (Å²) in [5.41, 5.74) is 2.78. The van der Waals surface area contributed by atoms with Crippen molar-refractivity contribution in [2.24, 2.45) is 0 Å². The zero-order valence-corrected chi connectivity index (χ0v) is 8.54. The third-order valence-corrected chi connectivity index (χ3v) is 2.54. The van der Waals surface area contributed by atoms with E-state index in [9.17, 15) is 0 Å². The minimum atomic E-state index is 0.217. The van der Waals surface area contributed by atoms with Crippen molar-refractivity contribution in [3.63, 3.8) is 0 Å². The van der Waals surface area contributed by atoms with E-state index in [0.717, 1.165) is 13.0 Å². The van der Waals surface area contributed by atoms with Gasteiger partial charge in [-0.15, -0.1) is 0 Å². The Bertz CT molecular complexity index is 312. The number of hydrogen-bond donors (Lipinski definition) is 0. The SMILES string of the molecule is CC(C)(C)N1CCc2ncccc21. The molecule has 2 nitrogen and oxygen atoms in total. The zero-order chi connectivity index (χ0) is 9.47. The lowest BCUT2D eigenvalue weighted by molar-refractivity contribution is 0.518. The van der Waals surface area contributed by atoms with E-state index < -0.39 is 0 Å². The van der Waals surface area contributed by atoms with Crippen LogP contribution in [0.4, 0.5) is 5.69 Å². The number of anilines is 1. The summed E-state index contributed by atoms with van der Waals surface area (Å²) in [6.45, 7) is 7.84. The van der Waals surface area contributed by atoms with Crippen molar-refractivity contribution in [3.8, 4) is 0 Å². The Kier molecular flexibility index (Phi) is 1.79. The van der Waals surface area contributed by atoms with Crippen LogP contribution in [0.3, 0.4) is 0 Å². The molecule has 0 aliphatic carbocycles. The van der Waals surface area contributed by atoms with Crippen molar-refractivity contribution < 1.29 is 0 Å². The molecule has 0 aromatic carbocycles. The molecule has 1 aliphatic rings. The first-order chi connectivity index (χ1) is 6.09. The number of nitrogens with zero attached hydrogens (tertiary/aromatic N) is 2. The molecule has 0 amide bonds. The highest BCUT2D eigenvalue weighted by Gasteiger charge is 2.28. The number of aromatic nitrogens is 1. The molecule has 0 bridgehead atoms. The molecule has 2 heterocycles. The Morgan fingerprint density at radius 3 is 2.85 bits per heavy atom. The smallest absolute Gasteiger partial charge is 0.0654 e. The summed E-state index contributed by atoms with van der Waals surface area (Å²) in [6.07, 6.45) is 2.97. The summed E-state index contributed by atoms with van der Waals surface area (Å²) in [5, 5.41) is 0. The van der Waals surface area contributed by atoms with Crippen LogP contribution in [0.15, 0.2) is 18.3 Å². The van der Waals surface area contributed by atoms with E-state index in [1.54, 1.807) is 0 Å². The van der Waals surface area contributed by atoms with Crippen LogP contribution >= 0.6 is 0 Å². The predicted molar refractivity (Wildman–Crippen MR) is 55.0 cm³/mol. The van der Waals surface area contributed by atoms with Crippen LogP contribution in [0.2, 0.25) is 0 Å². The molecule has 0 saturated heterocycles. The first-order valence-electron chi connectivity index (χ1n) is 4.80. The second kappa shape index (κ2) is 2.72. The molecule has 0 fully saturated rings. The van der Waals surface area contributed by atoms with Crippen LogP contribution in [-0.4, -0.2) is 17.1 Å². The van der Waals surface area contributed by atoms with Gasteiger partial charge in [-0.2, -0.15) is 0 Å². The Morgan fingerprint density at radius 1 is 1.38 bits per heavy atom. The van der Waals surface area contributed by atoms with Crippen molar-refractivity contribution >= 4 is 5.69 Å². The van der Waals surface area contributed by atoms with Crippen molar-refractivity contribution in [1.82, 2.24) is 4.98 Å². The van der Waals surface area contributed by atoms with Gasteiger partial charge in [-0.25, -0.2) is 0 Å². The maximum Gasteiger partial charge on any atom is 0.0654 e. The van der Waals surface area contributed by atoms with Crippen LogP contribution in [-0.2, 0) is 6.42 Å². The molecule has 1 aromatic rings. The highest BCUT2D eigenvalue weighted by molar-refractivity contribution is 5.56. The molecule has 0 spiro atoms. The topological polar surface area (TPSA) is 16.1 Å². The number of fused-ring (bicyclic) bond motifs is 1. The van der Waals surface area contributed by atoms with Gasteiger partial charge in [-0.05, 0) is 32.9 Å². The molecule has 1 aliphatic heterocycles. The quantitative estimate of drug-likeness (QED) is 0.602. The fourth-order valence-electron chi connectivity index (χ4n) is 1.90. The molecule has 13 heavy (non-hydrogen) atoms. The fourth-order valence-corrected chi connectivity index (χ4v) is 1.90. The standard InChI is InChI=1S/C11H16N2/c1-11(2,3)13-8-6-9-10(13)5-4-7-12-9/h4-5,7H,6,8H2,1-3H3. The van der Waals surface area contributed by atoms with Crippen LogP contribution < -0.4 is 4.90 Å². The van der Waals surface area contributed by atoms with E-state index in [4.69, 9.17) is 0 Å². The first-order valence-corrected chi connectivity index (χ1v) is 4.80. The average molecular weight is 176 g/mol. The predicted octanol–water partition coefficient (Wildman–Crippen LogP) is 2.24. The second-order valence-electron chi connectivity index (χ2n) is 4.54. The lowest BCUT2D eigenvalue weighted by Gasteiger charge is -2.34. The molecule has 0 N–H and O–H groups in total. The third kappa shape index (κ3) is 1.41. The Balaban J connectivity index is 2.39. The van der Waals surface area contributed by atoms with E-state index in [1.807, 2.05) is 12.3 Å². The Morgan fingerprint density at radius 2 is 2.15 bits per heavy atom. The molecule has 2 rings (SSSR count). The van der Waals surface area contributed by atoms with Crippen molar-refractivity contribution in [3.05, 3.63) is 24.0 Å². The average Bonchev–Trinajstić information content (AvgIpc) is 2.45. The molecule has 0 saturated carbocycles. The van der Waals surface area contributed by atoms with Crippen LogP contribution in [0.25, 0.3) is 0 Å². The molecular weight excluding hydrogens is 160 g/mol. The van der Waals surface area contributed by atoms with Crippen LogP contribution in [0.5, 0.6) is 0 Å². The van der Waals surface area contributed by atoms with Crippen molar-refractivity contribution in [2.75, 3.05) is 11.4 Å². The summed E-state index contributed by atoms with van der Waals surface area (Å²) in [4.78, 5) is 6.81. The maximum atomic E-state index is 4.38. The molecule has 70 valence electrons. The minimum Gasteiger partial charge on any atom is -0.365 e.